The van der Waals surface area contributed by atoms with Crippen LogP contribution in [0.5, 0.6) is 5.75 Å². The molecule has 4 heteroatoms. The molecular weight excluding hydrogens is 239 g/mol. The van der Waals surface area contributed by atoms with Crippen LogP contribution in [-0.2, 0) is 0 Å². The van der Waals surface area contributed by atoms with E-state index in [-0.39, 0.29) is 5.82 Å². The van der Waals surface area contributed by atoms with Gasteiger partial charge in [0.2, 0.25) is 0 Å². The van der Waals surface area contributed by atoms with E-state index in [0.29, 0.717) is 18.8 Å². The molecule has 1 aromatic carbocycles. The lowest BCUT2D eigenvalue weighted by atomic mass is 10.2. The normalized spacial score (nSPS) is 12.4. The summed E-state index contributed by atoms with van der Waals surface area (Å²) < 4.78 is 18.0. The van der Waals surface area contributed by atoms with Crippen molar-refractivity contribution < 1.29 is 14.2 Å². The zero-order valence-corrected chi connectivity index (χ0v) is 9.99. The van der Waals surface area contributed by atoms with E-state index in [1.54, 1.807) is 12.1 Å². The first kappa shape index (κ1) is 12.1. The molecule has 1 heterocycles. The van der Waals surface area contributed by atoms with Crippen LogP contribution in [0.4, 0.5) is 4.39 Å². The van der Waals surface area contributed by atoms with Gasteiger partial charge in [-0.3, -0.25) is 0 Å². The number of halogens is 1. The minimum atomic E-state index is -0.490. The molecule has 17 heavy (non-hydrogen) atoms. The minimum Gasteiger partial charge on any atom is -0.493 e. The van der Waals surface area contributed by atoms with Gasteiger partial charge < -0.3 is 9.84 Å². The van der Waals surface area contributed by atoms with E-state index in [9.17, 15) is 9.50 Å². The molecule has 0 saturated carbocycles. The third-order valence-corrected chi connectivity index (χ3v) is 3.32. The minimum absolute atomic E-state index is 0.282. The van der Waals surface area contributed by atoms with Gasteiger partial charge in [-0.1, -0.05) is 6.07 Å². The average Bonchev–Trinajstić information content (AvgIpc) is 2.85. The Kier molecular flexibility index (Phi) is 4.12. The van der Waals surface area contributed by atoms with Crippen molar-refractivity contribution in [2.75, 3.05) is 6.61 Å². The molecule has 0 saturated heterocycles. The Morgan fingerprint density at radius 2 is 2.00 bits per heavy atom. The second kappa shape index (κ2) is 5.80. The molecule has 1 atom stereocenters. The Balaban J connectivity index is 1.78. The molecule has 1 N–H and O–H groups in total. The van der Waals surface area contributed by atoms with Gasteiger partial charge in [-0.2, -0.15) is 0 Å². The van der Waals surface area contributed by atoms with Gasteiger partial charge in [-0.05, 0) is 35.7 Å². The van der Waals surface area contributed by atoms with Crippen molar-refractivity contribution in [2.45, 2.75) is 12.5 Å². The molecule has 0 aliphatic heterocycles. The summed E-state index contributed by atoms with van der Waals surface area (Å²) in [6.07, 6.45) is 0.0354. The van der Waals surface area contributed by atoms with Gasteiger partial charge in [0.15, 0.2) is 0 Å². The van der Waals surface area contributed by atoms with E-state index in [1.165, 1.54) is 23.5 Å². The molecule has 0 aliphatic carbocycles. The van der Waals surface area contributed by atoms with Gasteiger partial charge >= 0.3 is 0 Å². The summed E-state index contributed by atoms with van der Waals surface area (Å²) in [5.74, 6) is 0.334. The lowest BCUT2D eigenvalue weighted by molar-refractivity contribution is 0.144. The molecule has 0 amide bonds. The van der Waals surface area contributed by atoms with Crippen LogP contribution in [0.1, 0.15) is 17.4 Å². The Hall–Kier alpha value is -1.39. The number of benzene rings is 1. The SMILES string of the molecule is OC(CCOc1ccc(F)cc1)c1cccs1. The molecule has 1 aromatic heterocycles. The standard InChI is InChI=1S/C13H13FO2S/c14-10-3-5-11(6-4-10)16-8-7-12(15)13-2-1-9-17-13/h1-6,9,12,15H,7-8H2. The molecule has 2 aromatic rings. The molecule has 0 spiro atoms. The zero-order chi connectivity index (χ0) is 12.1. The summed E-state index contributed by atoms with van der Waals surface area (Å²) in [6, 6.07) is 9.66. The van der Waals surface area contributed by atoms with Crippen molar-refractivity contribution in [1.29, 1.82) is 0 Å². The first-order chi connectivity index (χ1) is 8.25. The van der Waals surface area contributed by atoms with E-state index in [4.69, 9.17) is 4.74 Å². The average molecular weight is 252 g/mol. The third-order valence-electron chi connectivity index (χ3n) is 2.35. The van der Waals surface area contributed by atoms with E-state index in [0.717, 1.165) is 4.88 Å². The Morgan fingerprint density at radius 1 is 1.24 bits per heavy atom. The Labute approximate surface area is 103 Å². The largest absolute Gasteiger partial charge is 0.493 e. The number of ether oxygens (including phenoxy) is 1. The van der Waals surface area contributed by atoms with Crippen molar-refractivity contribution in [3.05, 3.63) is 52.5 Å². The number of hydrogen-bond donors (Lipinski definition) is 1. The van der Waals surface area contributed by atoms with E-state index < -0.39 is 6.10 Å². The molecule has 0 bridgehead atoms. The molecule has 0 fully saturated rings. The fraction of sp³-hybridized carbons (Fsp3) is 0.231. The van der Waals surface area contributed by atoms with E-state index >= 15 is 0 Å². The van der Waals surface area contributed by atoms with Crippen LogP contribution in [-0.4, -0.2) is 11.7 Å². The monoisotopic (exact) mass is 252 g/mol. The lowest BCUT2D eigenvalue weighted by Gasteiger charge is -2.10. The molecule has 0 aliphatic rings. The van der Waals surface area contributed by atoms with Gasteiger partial charge in [0.25, 0.3) is 0 Å². The molecule has 2 rings (SSSR count). The fourth-order valence-electron chi connectivity index (χ4n) is 1.44. The van der Waals surface area contributed by atoms with E-state index in [2.05, 4.69) is 0 Å². The topological polar surface area (TPSA) is 29.5 Å². The van der Waals surface area contributed by atoms with Gasteiger partial charge in [-0.25, -0.2) is 4.39 Å². The predicted molar refractivity (Wildman–Crippen MR) is 65.8 cm³/mol. The zero-order valence-electron chi connectivity index (χ0n) is 9.17. The summed E-state index contributed by atoms with van der Waals surface area (Å²) in [6.45, 7) is 0.407. The molecule has 2 nitrogen and oxygen atoms in total. The first-order valence-corrected chi connectivity index (χ1v) is 6.23. The number of aliphatic hydroxyl groups excluding tert-OH is 1. The van der Waals surface area contributed by atoms with Crippen LogP contribution in [0.2, 0.25) is 0 Å². The number of rotatable bonds is 5. The third kappa shape index (κ3) is 3.54. The summed E-state index contributed by atoms with van der Waals surface area (Å²) in [7, 11) is 0. The second-order valence-electron chi connectivity index (χ2n) is 3.62. The lowest BCUT2D eigenvalue weighted by Crippen LogP contribution is -2.04. The highest BCUT2D eigenvalue weighted by Gasteiger charge is 2.08. The van der Waals surface area contributed by atoms with Crippen molar-refractivity contribution in [1.82, 2.24) is 0 Å². The maximum Gasteiger partial charge on any atom is 0.123 e. The van der Waals surface area contributed by atoms with Crippen LogP contribution < -0.4 is 4.74 Å². The van der Waals surface area contributed by atoms with Crippen LogP contribution in [0.25, 0.3) is 0 Å². The summed E-state index contributed by atoms with van der Waals surface area (Å²) >= 11 is 1.52. The maximum absolute atomic E-state index is 12.6. The van der Waals surface area contributed by atoms with Crippen LogP contribution >= 0.6 is 11.3 Å². The van der Waals surface area contributed by atoms with Crippen LogP contribution in [0.3, 0.4) is 0 Å². The smallest absolute Gasteiger partial charge is 0.123 e. The highest BCUT2D eigenvalue weighted by Crippen LogP contribution is 2.22. The Morgan fingerprint density at radius 3 is 2.65 bits per heavy atom. The van der Waals surface area contributed by atoms with Gasteiger partial charge in [0.1, 0.15) is 11.6 Å². The summed E-state index contributed by atoms with van der Waals surface area (Å²) in [5, 5.41) is 11.7. The van der Waals surface area contributed by atoms with Crippen molar-refractivity contribution in [2.24, 2.45) is 0 Å². The fourth-order valence-corrected chi connectivity index (χ4v) is 2.19. The maximum atomic E-state index is 12.6. The van der Waals surface area contributed by atoms with Gasteiger partial charge in [0.05, 0.1) is 12.7 Å². The van der Waals surface area contributed by atoms with Gasteiger partial charge in [-0.15, -0.1) is 11.3 Å². The summed E-state index contributed by atoms with van der Waals surface area (Å²) in [4.78, 5) is 0.938. The number of aliphatic hydroxyl groups is 1. The molecule has 1 unspecified atom stereocenters. The number of thiophene rings is 1. The van der Waals surface area contributed by atoms with Gasteiger partial charge in [0, 0.05) is 11.3 Å². The molecule has 90 valence electrons. The van der Waals surface area contributed by atoms with Crippen molar-refractivity contribution in [3.63, 3.8) is 0 Å². The summed E-state index contributed by atoms with van der Waals surface area (Å²) in [5.41, 5.74) is 0. The highest BCUT2D eigenvalue weighted by atomic mass is 32.1. The second-order valence-corrected chi connectivity index (χ2v) is 4.60. The predicted octanol–water partition coefficient (Wildman–Crippen LogP) is 3.39. The van der Waals surface area contributed by atoms with Crippen LogP contribution in [0, 0.1) is 5.82 Å². The van der Waals surface area contributed by atoms with Crippen molar-refractivity contribution >= 4 is 11.3 Å². The first-order valence-electron chi connectivity index (χ1n) is 5.35. The number of hydrogen-bond acceptors (Lipinski definition) is 3. The molecule has 0 radical (unpaired) electrons. The van der Waals surface area contributed by atoms with Crippen LogP contribution in [0.15, 0.2) is 41.8 Å². The van der Waals surface area contributed by atoms with E-state index in [1.807, 2.05) is 17.5 Å². The molecular formula is C13H13FO2S. The quantitative estimate of drug-likeness (QED) is 0.883. The Bertz CT molecular complexity index is 439. The van der Waals surface area contributed by atoms with Crippen molar-refractivity contribution in [3.8, 4) is 5.75 Å². The highest BCUT2D eigenvalue weighted by molar-refractivity contribution is 7.10.